The second kappa shape index (κ2) is 8.30. The summed E-state index contributed by atoms with van der Waals surface area (Å²) < 4.78 is 7.09. The summed E-state index contributed by atoms with van der Waals surface area (Å²) in [6, 6.07) is 12.9. The number of anilines is 1. The first-order chi connectivity index (χ1) is 15.3. The largest absolute Gasteiger partial charge is 0.444 e. The van der Waals surface area contributed by atoms with Gasteiger partial charge in [-0.25, -0.2) is 14.3 Å². The van der Waals surface area contributed by atoms with Crippen LogP contribution in [0.4, 0.5) is 10.5 Å². The Labute approximate surface area is 185 Å². The van der Waals surface area contributed by atoms with Gasteiger partial charge in [0.05, 0.1) is 17.3 Å². The summed E-state index contributed by atoms with van der Waals surface area (Å²) in [5.74, 6) is 0.153. The molecule has 0 bridgehead atoms. The summed E-state index contributed by atoms with van der Waals surface area (Å²) in [5.41, 5.74) is 2.94. The Bertz CT molecular complexity index is 1180. The third-order valence-corrected chi connectivity index (χ3v) is 5.20. The van der Waals surface area contributed by atoms with Crippen molar-refractivity contribution in [3.63, 3.8) is 0 Å². The summed E-state index contributed by atoms with van der Waals surface area (Å²) >= 11 is 0. The van der Waals surface area contributed by atoms with Gasteiger partial charge in [-0.1, -0.05) is 12.1 Å². The highest BCUT2D eigenvalue weighted by Crippen LogP contribution is 2.28. The van der Waals surface area contributed by atoms with Crippen LogP contribution in [-0.4, -0.2) is 57.2 Å². The number of nitrogens with zero attached hydrogens (tertiary/aromatic N) is 6. The van der Waals surface area contributed by atoms with Crippen molar-refractivity contribution in [2.75, 3.05) is 24.5 Å². The molecule has 1 aromatic carbocycles. The molecule has 2 amide bonds. The molecule has 3 aromatic rings. The summed E-state index contributed by atoms with van der Waals surface area (Å²) in [4.78, 5) is 31.6. The zero-order chi connectivity index (χ0) is 22.9. The van der Waals surface area contributed by atoms with Crippen molar-refractivity contribution in [2.45, 2.75) is 26.4 Å². The third-order valence-electron chi connectivity index (χ3n) is 5.20. The number of rotatable bonds is 5. The normalized spacial score (nSPS) is 14.0. The molecule has 0 aliphatic carbocycles. The van der Waals surface area contributed by atoms with E-state index >= 15 is 0 Å². The number of amides is 2. The molecule has 0 N–H and O–H groups in total. The zero-order valence-electron chi connectivity index (χ0n) is 18.2. The van der Waals surface area contributed by atoms with Crippen LogP contribution in [0.3, 0.4) is 0 Å². The quantitative estimate of drug-likeness (QED) is 0.574. The average Bonchev–Trinajstić information content (AvgIpc) is 3.20. The van der Waals surface area contributed by atoms with Gasteiger partial charge >= 0.3 is 6.09 Å². The SMILES string of the molecule is CC(C)(C)OC(=O)N1CC(CN(C=O)c2cc(-c3ccc(C#N)cc3)n3ncnc3c2)C1. The fraction of sp³-hybridized carbons (Fsp3) is 0.348. The molecule has 1 aliphatic heterocycles. The minimum Gasteiger partial charge on any atom is -0.444 e. The molecule has 0 radical (unpaired) electrons. The predicted molar refractivity (Wildman–Crippen MR) is 118 cm³/mol. The maximum absolute atomic E-state index is 12.2. The molecule has 1 saturated heterocycles. The van der Waals surface area contributed by atoms with Crippen molar-refractivity contribution >= 4 is 23.8 Å². The zero-order valence-corrected chi connectivity index (χ0v) is 18.2. The maximum Gasteiger partial charge on any atom is 0.410 e. The molecule has 4 rings (SSSR count). The van der Waals surface area contributed by atoms with Crippen LogP contribution in [0.25, 0.3) is 16.9 Å². The number of hydrogen-bond acceptors (Lipinski definition) is 6. The first-order valence-electron chi connectivity index (χ1n) is 10.3. The average molecular weight is 432 g/mol. The van der Waals surface area contributed by atoms with Crippen molar-refractivity contribution < 1.29 is 14.3 Å². The number of likely N-dealkylation sites (tertiary alicyclic amines) is 1. The molecule has 0 saturated carbocycles. The number of hydrogen-bond donors (Lipinski definition) is 0. The van der Waals surface area contributed by atoms with Crippen LogP contribution in [0.1, 0.15) is 26.3 Å². The van der Waals surface area contributed by atoms with Gasteiger partial charge in [-0.3, -0.25) is 4.79 Å². The standard InChI is InChI=1S/C23H24N6O3/c1-23(2,3)32-22(31)27-11-17(12-27)13-28(15-30)19-8-20(29-21(9-19)25-14-26-29)18-6-4-16(10-24)5-7-18/h4-9,14-15,17H,11-13H2,1-3H3. The van der Waals surface area contributed by atoms with Crippen LogP contribution in [0.2, 0.25) is 0 Å². The lowest BCUT2D eigenvalue weighted by Crippen LogP contribution is -2.54. The summed E-state index contributed by atoms with van der Waals surface area (Å²) in [5, 5.41) is 13.3. The number of fused-ring (bicyclic) bond motifs is 1. The lowest BCUT2D eigenvalue weighted by atomic mass is 10.00. The molecule has 32 heavy (non-hydrogen) atoms. The lowest BCUT2D eigenvalue weighted by molar-refractivity contribution is -0.107. The lowest BCUT2D eigenvalue weighted by Gasteiger charge is -2.41. The molecule has 0 atom stereocenters. The number of carbonyl (C=O) groups is 2. The predicted octanol–water partition coefficient (Wildman–Crippen LogP) is 3.10. The van der Waals surface area contributed by atoms with Gasteiger partial charge in [0.1, 0.15) is 11.9 Å². The van der Waals surface area contributed by atoms with E-state index in [0.29, 0.717) is 36.5 Å². The number of ether oxygens (including phenoxy) is 1. The second-order valence-electron chi connectivity index (χ2n) is 8.83. The van der Waals surface area contributed by atoms with Crippen LogP contribution >= 0.6 is 0 Å². The van der Waals surface area contributed by atoms with Crippen molar-refractivity contribution in [2.24, 2.45) is 5.92 Å². The first-order valence-corrected chi connectivity index (χ1v) is 10.3. The van der Waals surface area contributed by atoms with E-state index < -0.39 is 5.60 Å². The molecule has 3 heterocycles. The van der Waals surface area contributed by atoms with Crippen molar-refractivity contribution in [1.82, 2.24) is 19.5 Å². The van der Waals surface area contributed by atoms with Gasteiger partial charge in [-0.2, -0.15) is 10.4 Å². The third kappa shape index (κ3) is 4.39. The smallest absolute Gasteiger partial charge is 0.410 e. The van der Waals surface area contributed by atoms with E-state index in [-0.39, 0.29) is 12.0 Å². The van der Waals surface area contributed by atoms with Gasteiger partial charge in [0.2, 0.25) is 6.41 Å². The van der Waals surface area contributed by atoms with Gasteiger partial charge in [0.25, 0.3) is 0 Å². The Morgan fingerprint density at radius 3 is 2.62 bits per heavy atom. The highest BCUT2D eigenvalue weighted by atomic mass is 16.6. The van der Waals surface area contributed by atoms with E-state index in [2.05, 4.69) is 16.2 Å². The number of pyridine rings is 1. The maximum atomic E-state index is 12.2. The second-order valence-corrected chi connectivity index (χ2v) is 8.83. The molecule has 0 unspecified atom stereocenters. The van der Waals surface area contributed by atoms with Crippen LogP contribution in [0, 0.1) is 17.2 Å². The Balaban J connectivity index is 1.53. The van der Waals surface area contributed by atoms with E-state index in [1.54, 1.807) is 32.5 Å². The highest BCUT2D eigenvalue weighted by molar-refractivity contribution is 5.80. The topological polar surface area (TPSA) is 104 Å². The van der Waals surface area contributed by atoms with Gasteiger partial charge in [-0.15, -0.1) is 0 Å². The van der Waals surface area contributed by atoms with Crippen molar-refractivity contribution in [3.05, 3.63) is 48.3 Å². The monoisotopic (exact) mass is 432 g/mol. The molecule has 1 fully saturated rings. The van der Waals surface area contributed by atoms with E-state index in [9.17, 15) is 9.59 Å². The summed E-state index contributed by atoms with van der Waals surface area (Å²) in [7, 11) is 0. The minimum atomic E-state index is -0.535. The molecule has 164 valence electrons. The van der Waals surface area contributed by atoms with Crippen LogP contribution in [0.5, 0.6) is 0 Å². The molecular formula is C23H24N6O3. The van der Waals surface area contributed by atoms with Gasteiger partial charge in [-0.05, 0) is 39.0 Å². The highest BCUT2D eigenvalue weighted by Gasteiger charge is 2.34. The molecule has 2 aromatic heterocycles. The Kier molecular flexibility index (Phi) is 5.53. The Morgan fingerprint density at radius 1 is 1.28 bits per heavy atom. The minimum absolute atomic E-state index is 0.153. The summed E-state index contributed by atoms with van der Waals surface area (Å²) in [6.07, 6.45) is 1.92. The summed E-state index contributed by atoms with van der Waals surface area (Å²) in [6.45, 7) is 7.05. The molecule has 1 aliphatic rings. The number of carbonyl (C=O) groups excluding carboxylic acids is 2. The van der Waals surface area contributed by atoms with Crippen molar-refractivity contribution in [3.8, 4) is 17.3 Å². The number of benzene rings is 1. The van der Waals surface area contributed by atoms with E-state index in [1.165, 1.54) is 6.33 Å². The van der Waals surface area contributed by atoms with E-state index in [0.717, 1.165) is 17.7 Å². The molecule has 9 heteroatoms. The molecular weight excluding hydrogens is 408 g/mol. The van der Waals surface area contributed by atoms with Crippen molar-refractivity contribution in [1.29, 1.82) is 5.26 Å². The van der Waals surface area contributed by atoms with E-state index in [1.807, 2.05) is 39.0 Å². The fourth-order valence-corrected chi connectivity index (χ4v) is 3.64. The first kappa shape index (κ1) is 21.3. The fourth-order valence-electron chi connectivity index (χ4n) is 3.64. The molecule has 9 nitrogen and oxygen atoms in total. The van der Waals surface area contributed by atoms with Gasteiger partial charge in [0, 0.05) is 42.9 Å². The molecule has 0 spiro atoms. The van der Waals surface area contributed by atoms with Crippen LogP contribution < -0.4 is 4.90 Å². The Hall–Kier alpha value is -3.93. The number of aromatic nitrogens is 3. The van der Waals surface area contributed by atoms with E-state index in [4.69, 9.17) is 10.00 Å². The number of nitriles is 1. The van der Waals surface area contributed by atoms with Crippen LogP contribution in [-0.2, 0) is 9.53 Å². The van der Waals surface area contributed by atoms with Gasteiger partial charge in [0.15, 0.2) is 5.65 Å². The Morgan fingerprint density at radius 2 is 2.00 bits per heavy atom. The van der Waals surface area contributed by atoms with Gasteiger partial charge < -0.3 is 14.5 Å². The van der Waals surface area contributed by atoms with Crippen LogP contribution in [0.15, 0.2) is 42.7 Å².